The Hall–Kier alpha value is -2.97. The van der Waals surface area contributed by atoms with Crippen LogP contribution >= 0.6 is 0 Å². The molecule has 2 aliphatic rings. The van der Waals surface area contributed by atoms with Crippen molar-refractivity contribution in [3.05, 3.63) is 54.6 Å². The Kier molecular flexibility index (Phi) is 5.80. The van der Waals surface area contributed by atoms with E-state index in [4.69, 9.17) is 9.47 Å². The molecule has 8 heteroatoms. The number of ether oxygens (including phenoxy) is 2. The fraction of sp³-hybridized carbons (Fsp3) is 0.360. The smallest absolute Gasteiger partial charge is 0.262 e. The van der Waals surface area contributed by atoms with E-state index in [-0.39, 0.29) is 4.90 Å². The number of rotatable bonds is 6. The molecule has 0 amide bonds. The van der Waals surface area contributed by atoms with Crippen LogP contribution in [0.2, 0.25) is 0 Å². The summed E-state index contributed by atoms with van der Waals surface area (Å²) in [7, 11) is -0.814. The minimum Gasteiger partial charge on any atom is -0.493 e. The molecule has 174 valence electrons. The van der Waals surface area contributed by atoms with Gasteiger partial charge < -0.3 is 14.4 Å². The molecule has 3 aromatic carbocycles. The largest absolute Gasteiger partial charge is 0.493 e. The van der Waals surface area contributed by atoms with Crippen molar-refractivity contribution in [2.24, 2.45) is 0 Å². The van der Waals surface area contributed by atoms with Crippen molar-refractivity contribution in [1.29, 1.82) is 0 Å². The molecule has 2 heterocycles. The van der Waals surface area contributed by atoms with Gasteiger partial charge in [0.1, 0.15) is 0 Å². The maximum atomic E-state index is 13.2. The van der Waals surface area contributed by atoms with Gasteiger partial charge in [0.25, 0.3) is 10.0 Å². The number of piperazine rings is 1. The molecule has 0 radical (unpaired) electrons. The second-order valence-electron chi connectivity index (χ2n) is 8.58. The highest BCUT2D eigenvalue weighted by molar-refractivity contribution is 7.92. The number of sulfonamides is 1. The monoisotopic (exact) mass is 467 g/mol. The number of nitrogens with zero attached hydrogens (tertiary/aromatic N) is 2. The summed E-state index contributed by atoms with van der Waals surface area (Å²) in [5.74, 6) is 0.847. The van der Waals surface area contributed by atoms with E-state index < -0.39 is 10.0 Å². The summed E-state index contributed by atoms with van der Waals surface area (Å²) in [5, 5.41) is 1.93. The average molecular weight is 468 g/mol. The van der Waals surface area contributed by atoms with Crippen LogP contribution in [-0.2, 0) is 10.0 Å². The number of fused-ring (bicyclic) bond motifs is 2. The molecule has 0 aliphatic carbocycles. The molecule has 1 atom stereocenters. The van der Waals surface area contributed by atoms with E-state index in [0.29, 0.717) is 23.2 Å². The summed E-state index contributed by atoms with van der Waals surface area (Å²) in [6, 6.07) is 17.1. The standard InChI is InChI=1S/C25H29N3O4S/c1-31-24-12-9-19(16-25(24)32-2)33(29,30)26-22-10-11-23(21-8-4-3-7-20(21)22)28-15-14-27-13-5-6-18(27)17-28/h3-4,7-12,16,18,26H,5-6,13-15,17H2,1-2H3. The van der Waals surface area contributed by atoms with Crippen LogP contribution in [0.15, 0.2) is 59.5 Å². The molecule has 0 bridgehead atoms. The molecule has 1 unspecified atom stereocenters. The van der Waals surface area contributed by atoms with Gasteiger partial charge in [0.05, 0.1) is 24.8 Å². The molecular weight excluding hydrogens is 438 g/mol. The van der Waals surface area contributed by atoms with Crippen LogP contribution in [0.3, 0.4) is 0 Å². The Labute approximate surface area is 195 Å². The molecule has 2 saturated heterocycles. The fourth-order valence-electron chi connectivity index (χ4n) is 5.05. The highest BCUT2D eigenvalue weighted by atomic mass is 32.2. The first-order valence-electron chi connectivity index (χ1n) is 11.3. The van der Waals surface area contributed by atoms with E-state index >= 15 is 0 Å². The van der Waals surface area contributed by atoms with Crippen molar-refractivity contribution in [1.82, 2.24) is 4.90 Å². The second kappa shape index (κ2) is 8.76. The van der Waals surface area contributed by atoms with Crippen LogP contribution in [0, 0.1) is 0 Å². The van der Waals surface area contributed by atoms with E-state index in [1.54, 1.807) is 6.07 Å². The summed E-state index contributed by atoms with van der Waals surface area (Å²) >= 11 is 0. The molecule has 3 aromatic rings. The van der Waals surface area contributed by atoms with Crippen LogP contribution in [0.1, 0.15) is 12.8 Å². The van der Waals surface area contributed by atoms with Gasteiger partial charge in [0.15, 0.2) is 11.5 Å². The van der Waals surface area contributed by atoms with Crippen LogP contribution < -0.4 is 19.1 Å². The van der Waals surface area contributed by atoms with Gasteiger partial charge in [-0.15, -0.1) is 0 Å². The molecule has 2 fully saturated rings. The van der Waals surface area contributed by atoms with Crippen LogP contribution in [0.5, 0.6) is 11.5 Å². The van der Waals surface area contributed by atoms with Crippen molar-refractivity contribution in [2.75, 3.05) is 50.0 Å². The first-order chi connectivity index (χ1) is 16.0. The zero-order valence-corrected chi connectivity index (χ0v) is 19.8. The third-order valence-electron chi connectivity index (χ3n) is 6.74. The van der Waals surface area contributed by atoms with E-state index in [0.717, 1.165) is 36.1 Å². The van der Waals surface area contributed by atoms with Crippen molar-refractivity contribution in [2.45, 2.75) is 23.8 Å². The summed E-state index contributed by atoms with van der Waals surface area (Å²) in [5.41, 5.74) is 1.72. The highest BCUT2D eigenvalue weighted by Gasteiger charge is 2.31. The number of methoxy groups -OCH3 is 2. The van der Waals surface area contributed by atoms with Gasteiger partial charge in [0.2, 0.25) is 0 Å². The molecule has 0 aromatic heterocycles. The molecule has 5 rings (SSSR count). The van der Waals surface area contributed by atoms with E-state index in [2.05, 4.69) is 20.6 Å². The van der Waals surface area contributed by atoms with Crippen LogP contribution in [-0.4, -0.2) is 59.8 Å². The molecule has 2 aliphatic heterocycles. The first kappa shape index (κ1) is 21.9. The van der Waals surface area contributed by atoms with Crippen molar-refractivity contribution in [3.8, 4) is 11.5 Å². The Bertz CT molecular complexity index is 1280. The highest BCUT2D eigenvalue weighted by Crippen LogP contribution is 2.36. The lowest BCUT2D eigenvalue weighted by atomic mass is 10.0. The summed E-state index contributed by atoms with van der Waals surface area (Å²) in [6.45, 7) is 4.28. The molecular formula is C25H29N3O4S. The zero-order valence-electron chi connectivity index (χ0n) is 19.0. The van der Waals surface area contributed by atoms with Gasteiger partial charge in [-0.05, 0) is 43.7 Å². The third-order valence-corrected chi connectivity index (χ3v) is 8.10. The van der Waals surface area contributed by atoms with Gasteiger partial charge in [0, 0.05) is 48.2 Å². The topological polar surface area (TPSA) is 71.1 Å². The Morgan fingerprint density at radius 1 is 0.909 bits per heavy atom. The summed E-state index contributed by atoms with van der Waals surface area (Å²) < 4.78 is 39.7. The van der Waals surface area contributed by atoms with Gasteiger partial charge in [-0.1, -0.05) is 24.3 Å². The number of benzene rings is 3. The van der Waals surface area contributed by atoms with Crippen LogP contribution in [0.25, 0.3) is 10.8 Å². The number of anilines is 2. The molecule has 0 spiro atoms. The van der Waals surface area contributed by atoms with Crippen LogP contribution in [0.4, 0.5) is 11.4 Å². The van der Waals surface area contributed by atoms with Crippen molar-refractivity contribution in [3.63, 3.8) is 0 Å². The Morgan fingerprint density at radius 3 is 2.48 bits per heavy atom. The van der Waals surface area contributed by atoms with Gasteiger partial charge in [-0.25, -0.2) is 8.42 Å². The first-order valence-corrected chi connectivity index (χ1v) is 12.7. The number of nitrogens with one attached hydrogen (secondary N) is 1. The van der Waals surface area contributed by atoms with Crippen molar-refractivity contribution < 1.29 is 17.9 Å². The summed E-state index contributed by atoms with van der Waals surface area (Å²) in [4.78, 5) is 5.15. The lowest BCUT2D eigenvalue weighted by Crippen LogP contribution is -2.50. The molecule has 33 heavy (non-hydrogen) atoms. The number of hydrogen-bond acceptors (Lipinski definition) is 6. The molecule has 1 N–H and O–H groups in total. The average Bonchev–Trinajstić information content (AvgIpc) is 3.31. The Balaban J connectivity index is 1.48. The van der Waals surface area contributed by atoms with Gasteiger partial charge in [-0.2, -0.15) is 0 Å². The van der Waals surface area contributed by atoms with E-state index in [1.165, 1.54) is 45.7 Å². The maximum Gasteiger partial charge on any atom is 0.262 e. The van der Waals surface area contributed by atoms with E-state index in [1.807, 2.05) is 30.3 Å². The SMILES string of the molecule is COc1ccc(S(=O)(=O)Nc2ccc(N3CCN4CCCC4C3)c3ccccc23)cc1OC. The minimum absolute atomic E-state index is 0.116. The fourth-order valence-corrected chi connectivity index (χ4v) is 6.14. The predicted molar refractivity (Wildman–Crippen MR) is 131 cm³/mol. The van der Waals surface area contributed by atoms with Crippen molar-refractivity contribution >= 4 is 32.2 Å². The molecule has 0 saturated carbocycles. The lowest BCUT2D eigenvalue weighted by Gasteiger charge is -2.39. The van der Waals surface area contributed by atoms with Gasteiger partial charge in [-0.3, -0.25) is 9.62 Å². The second-order valence-corrected chi connectivity index (χ2v) is 10.3. The third kappa shape index (κ3) is 4.09. The normalized spacial score (nSPS) is 18.8. The minimum atomic E-state index is -3.82. The lowest BCUT2D eigenvalue weighted by molar-refractivity contribution is 0.231. The van der Waals surface area contributed by atoms with Gasteiger partial charge >= 0.3 is 0 Å². The Morgan fingerprint density at radius 2 is 1.70 bits per heavy atom. The molecule has 7 nitrogen and oxygen atoms in total. The zero-order chi connectivity index (χ0) is 23.0. The summed E-state index contributed by atoms with van der Waals surface area (Å²) in [6.07, 6.45) is 2.52. The predicted octanol–water partition coefficient (Wildman–Crippen LogP) is 3.94. The maximum absolute atomic E-state index is 13.2. The number of hydrogen-bond donors (Lipinski definition) is 1. The van der Waals surface area contributed by atoms with E-state index in [9.17, 15) is 8.42 Å². The quantitative estimate of drug-likeness (QED) is 0.592.